The van der Waals surface area contributed by atoms with Crippen LogP contribution in [0.15, 0.2) is 53.3 Å². The molecule has 4 heterocycles. The zero-order valence-corrected chi connectivity index (χ0v) is 20.0. The van der Waals surface area contributed by atoms with E-state index >= 15 is 0 Å². The Morgan fingerprint density at radius 3 is 2.58 bits per heavy atom. The molecule has 0 atom stereocenters. The predicted octanol–water partition coefficient (Wildman–Crippen LogP) is 5.70. The Balaban J connectivity index is 1.08. The van der Waals surface area contributed by atoms with Crippen molar-refractivity contribution in [3.63, 3.8) is 0 Å². The van der Waals surface area contributed by atoms with E-state index in [1.165, 1.54) is 25.0 Å². The maximum Gasteiger partial charge on any atom is 0.417 e. The Morgan fingerprint density at radius 1 is 1.08 bits per heavy atom. The molecule has 1 aromatic heterocycles. The van der Waals surface area contributed by atoms with Gasteiger partial charge in [-0.1, -0.05) is 23.7 Å². The lowest BCUT2D eigenvalue weighted by molar-refractivity contribution is -0.137. The monoisotopic (exact) mass is 517 g/mol. The van der Waals surface area contributed by atoms with Crippen LogP contribution in [0.1, 0.15) is 30.4 Å². The Bertz CT molecular complexity index is 1370. The second kappa shape index (κ2) is 8.44. The lowest BCUT2D eigenvalue weighted by Gasteiger charge is -2.46. The van der Waals surface area contributed by atoms with E-state index in [0.717, 1.165) is 36.3 Å². The maximum atomic E-state index is 13.1. The average molecular weight is 518 g/mol. The summed E-state index contributed by atoms with van der Waals surface area (Å²) in [4.78, 5) is 19.0. The smallest absolute Gasteiger partial charge is 0.417 e. The quantitative estimate of drug-likeness (QED) is 0.420. The molecule has 3 aliphatic heterocycles. The molecule has 0 unspecified atom stereocenters. The van der Waals surface area contributed by atoms with E-state index in [1.807, 2.05) is 18.2 Å². The van der Waals surface area contributed by atoms with Gasteiger partial charge in [0.2, 0.25) is 5.88 Å². The minimum Gasteiger partial charge on any atom is -0.477 e. The molecule has 2 aromatic carbocycles. The molecule has 0 radical (unpaired) electrons. The van der Waals surface area contributed by atoms with Crippen LogP contribution in [-0.4, -0.2) is 28.2 Å². The number of halogens is 4. The van der Waals surface area contributed by atoms with Gasteiger partial charge >= 0.3 is 11.9 Å². The highest BCUT2D eigenvalue weighted by Gasteiger charge is 2.57. The van der Waals surface area contributed by atoms with Crippen LogP contribution in [0.3, 0.4) is 0 Å². The molecule has 6 nitrogen and oxygen atoms in total. The van der Waals surface area contributed by atoms with Crippen LogP contribution < -0.4 is 20.1 Å². The van der Waals surface area contributed by atoms with Gasteiger partial charge in [-0.15, -0.1) is 0 Å². The van der Waals surface area contributed by atoms with Gasteiger partial charge in [-0.25, -0.2) is 4.79 Å². The topological polar surface area (TPSA) is 56.6 Å². The predicted molar refractivity (Wildman–Crippen MR) is 128 cm³/mol. The van der Waals surface area contributed by atoms with Gasteiger partial charge in [-0.2, -0.15) is 18.2 Å². The first kappa shape index (κ1) is 23.2. The summed E-state index contributed by atoms with van der Waals surface area (Å²) >= 11 is 5.66. The summed E-state index contributed by atoms with van der Waals surface area (Å²) < 4.78 is 52.3. The van der Waals surface area contributed by atoms with Crippen LogP contribution in [-0.2, 0) is 19.1 Å². The Hall–Kier alpha value is -3.20. The SMILES string of the molecule is O=c1nc(OCCc2ccc(Oc3ccc(Cl)c(C(F)(F)F)c3)cc2)cc2n1CCC13CC(CN21)C3. The fourth-order valence-electron chi connectivity index (χ4n) is 5.71. The van der Waals surface area contributed by atoms with Crippen molar-refractivity contribution in [2.45, 2.75) is 43.9 Å². The maximum absolute atomic E-state index is 13.1. The summed E-state index contributed by atoms with van der Waals surface area (Å²) in [6, 6.07) is 12.3. The summed E-state index contributed by atoms with van der Waals surface area (Å²) in [6.07, 6.45) is -0.578. The third-order valence-electron chi connectivity index (χ3n) is 7.44. The Morgan fingerprint density at radius 2 is 1.83 bits per heavy atom. The van der Waals surface area contributed by atoms with Gasteiger partial charge in [0.15, 0.2) is 0 Å². The van der Waals surface area contributed by atoms with Gasteiger partial charge in [0, 0.05) is 31.1 Å². The molecule has 7 rings (SSSR count). The summed E-state index contributed by atoms with van der Waals surface area (Å²) in [5.74, 6) is 2.41. The van der Waals surface area contributed by atoms with Gasteiger partial charge in [-0.3, -0.25) is 4.57 Å². The van der Waals surface area contributed by atoms with E-state index in [4.69, 9.17) is 21.1 Å². The first-order valence-electron chi connectivity index (χ1n) is 11.9. The summed E-state index contributed by atoms with van der Waals surface area (Å²) in [5, 5.41) is -0.377. The fraction of sp³-hybridized carbons (Fsp3) is 0.385. The number of rotatable bonds is 6. The molecule has 36 heavy (non-hydrogen) atoms. The molecule has 3 aromatic rings. The first-order chi connectivity index (χ1) is 17.2. The number of alkyl halides is 3. The number of ether oxygens (including phenoxy) is 2. The molecule has 0 amide bonds. The molecule has 10 heteroatoms. The second-order valence-electron chi connectivity index (χ2n) is 9.73. The number of anilines is 1. The summed E-state index contributed by atoms with van der Waals surface area (Å²) in [5.41, 5.74) is -0.0511. The lowest BCUT2D eigenvalue weighted by Crippen LogP contribution is -2.52. The number of nitrogens with zero attached hydrogens (tertiary/aromatic N) is 3. The zero-order chi connectivity index (χ0) is 25.1. The molecular formula is C26H23ClF3N3O3. The number of aromatic nitrogens is 2. The Labute approximate surface area is 210 Å². The van der Waals surface area contributed by atoms with Crippen LogP contribution in [0.2, 0.25) is 5.02 Å². The van der Waals surface area contributed by atoms with Crippen molar-refractivity contribution in [2.75, 3.05) is 18.1 Å². The number of hydrogen-bond acceptors (Lipinski definition) is 5. The zero-order valence-electron chi connectivity index (χ0n) is 19.2. The first-order valence-corrected chi connectivity index (χ1v) is 12.2. The lowest BCUT2D eigenvalue weighted by atomic mass is 9.71. The van der Waals surface area contributed by atoms with E-state index in [-0.39, 0.29) is 22.0 Å². The van der Waals surface area contributed by atoms with Crippen molar-refractivity contribution >= 4 is 17.4 Å². The standard InChI is InChI=1S/C26H23ClF3N3O3/c27-21-6-5-19(11-20(21)26(28,29)30)36-18-3-1-16(2-4-18)7-10-35-22-12-23-32(24(34)31-22)9-8-25-13-17(14-25)15-33(23)25/h1-6,11-12,17H,7-10,13-15H2. The molecule has 1 aliphatic carbocycles. The number of benzene rings is 2. The normalized spacial score (nSPS) is 22.0. The van der Waals surface area contributed by atoms with Gasteiger partial charge in [0.25, 0.3) is 0 Å². The fourth-order valence-corrected chi connectivity index (χ4v) is 5.94. The van der Waals surface area contributed by atoms with Crippen molar-refractivity contribution < 1.29 is 22.6 Å². The van der Waals surface area contributed by atoms with Crippen LogP contribution in [0, 0.1) is 5.92 Å². The molecule has 3 fully saturated rings. The van der Waals surface area contributed by atoms with E-state index < -0.39 is 11.7 Å². The molecule has 4 aliphatic rings. The molecule has 0 N–H and O–H groups in total. The molecule has 2 saturated heterocycles. The minimum atomic E-state index is -4.56. The van der Waals surface area contributed by atoms with Crippen LogP contribution in [0.4, 0.5) is 19.0 Å². The molecule has 1 saturated carbocycles. The van der Waals surface area contributed by atoms with Crippen LogP contribution in [0.5, 0.6) is 17.4 Å². The molecule has 188 valence electrons. The summed E-state index contributed by atoms with van der Waals surface area (Å²) in [6.45, 7) is 2.02. The van der Waals surface area contributed by atoms with E-state index in [2.05, 4.69) is 9.88 Å². The van der Waals surface area contributed by atoms with Crippen molar-refractivity contribution in [1.82, 2.24) is 9.55 Å². The van der Waals surface area contributed by atoms with Gasteiger partial charge < -0.3 is 14.4 Å². The van der Waals surface area contributed by atoms with E-state index in [0.29, 0.717) is 31.2 Å². The average Bonchev–Trinajstić information content (AvgIpc) is 3.38. The van der Waals surface area contributed by atoms with Crippen molar-refractivity contribution in [3.8, 4) is 17.4 Å². The minimum absolute atomic E-state index is 0.0462. The number of fused-ring (bicyclic) bond motifs is 1. The van der Waals surface area contributed by atoms with Crippen molar-refractivity contribution in [1.29, 1.82) is 0 Å². The van der Waals surface area contributed by atoms with E-state index in [9.17, 15) is 18.0 Å². The Kier molecular flexibility index (Phi) is 5.44. The van der Waals surface area contributed by atoms with Gasteiger partial charge in [0.05, 0.1) is 17.2 Å². The third-order valence-corrected chi connectivity index (χ3v) is 7.77. The second-order valence-corrected chi connectivity index (χ2v) is 10.1. The molecule has 2 bridgehead atoms. The van der Waals surface area contributed by atoms with Crippen molar-refractivity contribution in [2.24, 2.45) is 5.92 Å². The highest BCUT2D eigenvalue weighted by atomic mass is 35.5. The van der Waals surface area contributed by atoms with Crippen molar-refractivity contribution in [3.05, 3.63) is 75.2 Å². The van der Waals surface area contributed by atoms with Crippen LogP contribution in [0.25, 0.3) is 0 Å². The van der Waals surface area contributed by atoms with Gasteiger partial charge in [-0.05, 0) is 61.1 Å². The molecular weight excluding hydrogens is 495 g/mol. The third kappa shape index (κ3) is 4.09. The van der Waals surface area contributed by atoms with Gasteiger partial charge in [0.1, 0.15) is 17.3 Å². The number of hydrogen-bond donors (Lipinski definition) is 0. The van der Waals surface area contributed by atoms with E-state index in [1.54, 1.807) is 16.7 Å². The largest absolute Gasteiger partial charge is 0.477 e. The molecule has 1 spiro atoms. The highest BCUT2D eigenvalue weighted by Crippen LogP contribution is 2.56. The highest BCUT2D eigenvalue weighted by molar-refractivity contribution is 6.31. The summed E-state index contributed by atoms with van der Waals surface area (Å²) in [7, 11) is 0. The van der Waals surface area contributed by atoms with Crippen LogP contribution >= 0.6 is 11.6 Å².